The van der Waals surface area contributed by atoms with E-state index >= 15 is 0 Å². The van der Waals surface area contributed by atoms with Crippen LogP contribution in [-0.2, 0) is 26.2 Å². The van der Waals surface area contributed by atoms with Crippen LogP contribution in [0.2, 0.25) is 0 Å². The van der Waals surface area contributed by atoms with Gasteiger partial charge in [-0.3, -0.25) is 6.08 Å². The van der Waals surface area contributed by atoms with Crippen LogP contribution in [-0.4, -0.2) is 0 Å². The summed E-state index contributed by atoms with van der Waals surface area (Å²) in [6, 6.07) is 0. The molecule has 17 heavy (non-hydrogen) atoms. The maximum Gasteiger partial charge on any atom is 3.00 e. The van der Waals surface area contributed by atoms with Crippen LogP contribution >= 0.6 is 0 Å². The normalized spacial score (nSPS) is 14.3. The zero-order valence-electron chi connectivity index (χ0n) is 11.5. The fourth-order valence-corrected chi connectivity index (χ4v) is 2.83. The summed E-state index contributed by atoms with van der Waals surface area (Å²) in [4.78, 5) is 0. The van der Waals surface area contributed by atoms with Gasteiger partial charge in [0, 0.05) is 0 Å². The molecule has 97 valence electrons. The molecule has 1 aliphatic carbocycles. The van der Waals surface area contributed by atoms with Crippen LogP contribution in [0.15, 0.2) is 17.7 Å². The van der Waals surface area contributed by atoms with Crippen LogP contribution in [0.3, 0.4) is 0 Å². The van der Waals surface area contributed by atoms with Crippen LogP contribution in [0.4, 0.5) is 0 Å². The Morgan fingerprint density at radius 2 is 1.59 bits per heavy atom. The first kappa shape index (κ1) is 23.1. The second kappa shape index (κ2) is 8.94. The van der Waals surface area contributed by atoms with E-state index in [4.69, 9.17) is 0 Å². The van der Waals surface area contributed by atoms with Gasteiger partial charge in [0.05, 0.1) is 0 Å². The van der Waals surface area contributed by atoms with Crippen LogP contribution in [0.25, 0.3) is 0 Å². The number of halogens is 2. The average Bonchev–Trinajstić information content (AvgIpc) is 2.58. The second-order valence-corrected chi connectivity index (χ2v) is 5.24. The number of rotatable bonds is 3. The second-order valence-electron chi connectivity index (χ2n) is 5.24. The van der Waals surface area contributed by atoms with E-state index in [1.54, 1.807) is 0 Å². The van der Waals surface area contributed by atoms with E-state index in [9.17, 15) is 0 Å². The van der Waals surface area contributed by atoms with Crippen molar-refractivity contribution in [1.29, 1.82) is 0 Å². The minimum atomic E-state index is 0. The first-order valence-electron chi connectivity index (χ1n) is 5.76. The van der Waals surface area contributed by atoms with E-state index < -0.39 is 0 Å². The molecule has 0 fully saturated rings. The Morgan fingerprint density at radius 1 is 1.12 bits per heavy atom. The van der Waals surface area contributed by atoms with Gasteiger partial charge in [-0.05, 0) is 23.7 Å². The molecular weight excluding hydrogens is 330 g/mol. The summed E-state index contributed by atoms with van der Waals surface area (Å²) in [6.07, 6.45) is 11.4. The van der Waals surface area contributed by atoms with Crippen molar-refractivity contribution in [3.63, 3.8) is 0 Å². The Balaban J connectivity index is -0.000000653. The van der Waals surface area contributed by atoms with Crippen LogP contribution < -0.4 is 24.8 Å². The molecule has 0 nitrogen and oxygen atoms in total. The van der Waals surface area contributed by atoms with Crippen molar-refractivity contribution in [2.45, 2.75) is 53.9 Å². The first-order valence-corrected chi connectivity index (χ1v) is 5.76. The third-order valence-corrected chi connectivity index (χ3v) is 3.85. The summed E-state index contributed by atoms with van der Waals surface area (Å²) >= 11 is 0. The molecule has 0 bridgehead atoms. The molecule has 0 unspecified atom stereocenters. The number of hydrogen-bond donors (Lipinski definition) is 0. The smallest absolute Gasteiger partial charge is 1.00 e. The van der Waals surface area contributed by atoms with E-state index in [1.807, 2.05) is 0 Å². The topological polar surface area (TPSA) is 0 Å². The van der Waals surface area contributed by atoms with Gasteiger partial charge in [-0.1, -0.05) is 34.6 Å². The number of hydrogen-bond acceptors (Lipinski definition) is 0. The predicted molar refractivity (Wildman–Crippen MR) is 63.0 cm³/mol. The zero-order chi connectivity index (χ0) is 10.8. The summed E-state index contributed by atoms with van der Waals surface area (Å²) in [5, 5.41) is 0. The zero-order valence-corrected chi connectivity index (χ0v) is 15.5. The molecule has 0 atom stereocenters. The third-order valence-electron chi connectivity index (χ3n) is 3.85. The quantitative estimate of drug-likeness (QED) is 0.544. The maximum atomic E-state index is 3.51. The molecule has 0 saturated carbocycles. The van der Waals surface area contributed by atoms with E-state index in [2.05, 4.69) is 52.8 Å². The molecule has 0 aliphatic heterocycles. The summed E-state index contributed by atoms with van der Waals surface area (Å²) in [5.74, 6) is 0. The molecule has 3 heteroatoms. The number of allylic oxidation sites excluding steroid dienone is 4. The summed E-state index contributed by atoms with van der Waals surface area (Å²) in [6.45, 7) is 11.6. The molecule has 1 rings (SSSR count). The fourth-order valence-electron chi connectivity index (χ4n) is 2.83. The molecule has 0 aromatic heterocycles. The molecular formula is C14H23Cl2Zr. The third kappa shape index (κ3) is 4.52. The van der Waals surface area contributed by atoms with E-state index in [0.717, 1.165) is 6.42 Å². The molecule has 0 amide bonds. The van der Waals surface area contributed by atoms with Crippen LogP contribution in [0.1, 0.15) is 53.9 Å². The maximum absolute atomic E-state index is 3.51. The summed E-state index contributed by atoms with van der Waals surface area (Å²) in [7, 11) is 0. The van der Waals surface area contributed by atoms with Gasteiger partial charge in [-0.25, -0.2) is 11.6 Å². The van der Waals surface area contributed by atoms with Gasteiger partial charge in [0.25, 0.3) is 0 Å². The van der Waals surface area contributed by atoms with Gasteiger partial charge in [-0.15, -0.1) is 6.42 Å². The van der Waals surface area contributed by atoms with Crippen molar-refractivity contribution in [1.82, 2.24) is 0 Å². The van der Waals surface area contributed by atoms with Gasteiger partial charge in [0.15, 0.2) is 0 Å². The van der Waals surface area contributed by atoms with E-state index in [-0.39, 0.29) is 51.0 Å². The molecule has 1 radical (unpaired) electrons. The Morgan fingerprint density at radius 3 is 1.82 bits per heavy atom. The Kier molecular flexibility index (Phi) is 12.1. The van der Waals surface area contributed by atoms with Crippen LogP contribution in [0.5, 0.6) is 0 Å². The van der Waals surface area contributed by atoms with Gasteiger partial charge >= 0.3 is 26.2 Å². The van der Waals surface area contributed by atoms with Gasteiger partial charge in [-0.2, -0.15) is 6.08 Å². The minimum Gasteiger partial charge on any atom is -1.00 e. The minimum absolute atomic E-state index is 0. The molecule has 0 spiro atoms. The largest absolute Gasteiger partial charge is 3.00 e. The van der Waals surface area contributed by atoms with Crippen LogP contribution in [0, 0.1) is 16.9 Å². The standard InChI is InChI=1S/C14H23.2ClH.Zr/c1-6-14(7-2,13(3,4)5)12-10-8-9-11-12;;;/h8,10H,6-7,9H2,1-5H3;2*1H;/q-1;;;+3/p-2. The van der Waals surface area contributed by atoms with E-state index in [1.165, 1.54) is 18.4 Å². The Hall–Kier alpha value is 0.943. The molecule has 0 N–H and O–H groups in total. The molecule has 0 heterocycles. The van der Waals surface area contributed by atoms with Crippen molar-refractivity contribution in [3.8, 4) is 0 Å². The van der Waals surface area contributed by atoms with Crippen molar-refractivity contribution in [2.24, 2.45) is 10.8 Å². The average molecular weight is 353 g/mol. The van der Waals surface area contributed by atoms with Gasteiger partial charge in [0.2, 0.25) is 0 Å². The van der Waals surface area contributed by atoms with Gasteiger partial charge in [0.1, 0.15) is 0 Å². The SMILES string of the molecule is CCC(CC)(C1=[C-]CC=C1)C(C)(C)C.[Cl-].[Cl-].[Zr+3]. The van der Waals surface area contributed by atoms with Crippen molar-refractivity contribution >= 4 is 0 Å². The van der Waals surface area contributed by atoms with Crippen molar-refractivity contribution < 1.29 is 51.0 Å². The van der Waals surface area contributed by atoms with E-state index in [0.29, 0.717) is 10.8 Å². The summed E-state index contributed by atoms with van der Waals surface area (Å²) < 4.78 is 0. The molecule has 0 aromatic carbocycles. The summed E-state index contributed by atoms with van der Waals surface area (Å²) in [5.41, 5.74) is 2.09. The predicted octanol–water partition coefficient (Wildman–Crippen LogP) is -1.47. The Labute approximate surface area is 139 Å². The molecule has 1 aliphatic rings. The van der Waals surface area contributed by atoms with Crippen molar-refractivity contribution in [2.75, 3.05) is 0 Å². The Bertz CT molecular complexity index is 258. The first-order chi connectivity index (χ1) is 6.48. The van der Waals surface area contributed by atoms with Crippen molar-refractivity contribution in [3.05, 3.63) is 23.8 Å². The van der Waals surface area contributed by atoms with Gasteiger partial charge < -0.3 is 24.8 Å². The fraction of sp³-hybridized carbons (Fsp3) is 0.714. The monoisotopic (exact) mass is 351 g/mol. The molecule has 0 saturated heterocycles. The molecule has 0 aromatic rings.